The molecule has 2 aromatic rings. The number of nitrogens with one attached hydrogen (secondary N) is 1. The van der Waals surface area contributed by atoms with Gasteiger partial charge in [-0.3, -0.25) is 9.59 Å². The highest BCUT2D eigenvalue weighted by Crippen LogP contribution is 2.29. The number of hydrogen-bond acceptors (Lipinski definition) is 3. The molecule has 2 aromatic carbocycles. The smallest absolute Gasteiger partial charge is 0.261 e. The highest BCUT2D eigenvalue weighted by molar-refractivity contribution is 9.10. The van der Waals surface area contributed by atoms with Gasteiger partial charge >= 0.3 is 0 Å². The maximum atomic E-state index is 12.9. The fraction of sp³-hybridized carbons (Fsp3) is 0.364. The lowest BCUT2D eigenvalue weighted by molar-refractivity contribution is -0.142. The molecule has 0 heterocycles. The van der Waals surface area contributed by atoms with Crippen LogP contribution in [0.4, 0.5) is 0 Å². The number of carbonyl (C=O) groups excluding carboxylic acids is 2. The Balaban J connectivity index is 2.14. The van der Waals surface area contributed by atoms with Gasteiger partial charge in [0.2, 0.25) is 5.91 Å². The summed E-state index contributed by atoms with van der Waals surface area (Å²) in [5, 5.41) is 2.61. The van der Waals surface area contributed by atoms with Gasteiger partial charge in [0.15, 0.2) is 6.61 Å². The van der Waals surface area contributed by atoms with Crippen molar-refractivity contribution in [2.24, 2.45) is 0 Å². The fourth-order valence-corrected chi connectivity index (χ4v) is 3.57. The van der Waals surface area contributed by atoms with Crippen molar-refractivity contribution >= 4 is 43.7 Å². The standard InChI is InChI=1S/C22H26Br2N2O3/c1-14(2)17-7-10-20(19(24)11-17)29-13-21(27)26(15(3)22(28)25-4)12-16-5-8-18(23)9-6-16/h5-11,14-15H,12-13H2,1-4H3,(H,25,28)/t15-/m1/s1. The van der Waals surface area contributed by atoms with Crippen LogP contribution in [-0.4, -0.2) is 36.4 Å². The van der Waals surface area contributed by atoms with E-state index in [-0.39, 0.29) is 18.4 Å². The lowest BCUT2D eigenvalue weighted by Crippen LogP contribution is -2.48. The van der Waals surface area contributed by atoms with Gasteiger partial charge in [0, 0.05) is 18.1 Å². The van der Waals surface area contributed by atoms with Crippen LogP contribution in [0.5, 0.6) is 5.75 Å². The van der Waals surface area contributed by atoms with Crippen LogP contribution in [0.2, 0.25) is 0 Å². The molecule has 0 saturated heterocycles. The lowest BCUT2D eigenvalue weighted by Gasteiger charge is -2.28. The van der Waals surface area contributed by atoms with E-state index in [0.717, 1.165) is 14.5 Å². The van der Waals surface area contributed by atoms with Gasteiger partial charge in [-0.25, -0.2) is 0 Å². The molecule has 2 amide bonds. The van der Waals surface area contributed by atoms with E-state index in [0.29, 0.717) is 18.2 Å². The van der Waals surface area contributed by atoms with E-state index >= 15 is 0 Å². The highest BCUT2D eigenvalue weighted by Gasteiger charge is 2.26. The van der Waals surface area contributed by atoms with Crippen molar-refractivity contribution in [2.45, 2.75) is 39.3 Å². The molecule has 0 unspecified atom stereocenters. The average Bonchev–Trinajstić information content (AvgIpc) is 2.70. The molecule has 0 aliphatic carbocycles. The Kier molecular flexibility index (Phi) is 8.71. The number of hydrogen-bond donors (Lipinski definition) is 1. The summed E-state index contributed by atoms with van der Waals surface area (Å²) in [5.74, 6) is 0.512. The first kappa shape index (κ1) is 23.4. The first-order valence-electron chi connectivity index (χ1n) is 9.40. The number of likely N-dealkylation sites (N-methyl/N-ethyl adjacent to an activating group) is 1. The Morgan fingerprint density at radius 3 is 2.28 bits per heavy atom. The Morgan fingerprint density at radius 1 is 1.07 bits per heavy atom. The molecule has 29 heavy (non-hydrogen) atoms. The molecule has 0 aliphatic rings. The number of amides is 2. The lowest BCUT2D eigenvalue weighted by atomic mass is 10.0. The number of nitrogens with zero attached hydrogens (tertiary/aromatic N) is 1. The van der Waals surface area contributed by atoms with Gasteiger partial charge in [-0.1, -0.05) is 48.0 Å². The van der Waals surface area contributed by atoms with Crippen molar-refractivity contribution in [3.63, 3.8) is 0 Å². The van der Waals surface area contributed by atoms with E-state index in [1.807, 2.05) is 42.5 Å². The number of rotatable bonds is 8. The van der Waals surface area contributed by atoms with Gasteiger partial charge in [-0.15, -0.1) is 0 Å². The summed E-state index contributed by atoms with van der Waals surface area (Å²) in [6, 6.07) is 12.9. The Morgan fingerprint density at radius 2 is 1.72 bits per heavy atom. The SMILES string of the molecule is CNC(=O)[C@@H](C)N(Cc1ccc(Br)cc1)C(=O)COc1ccc(C(C)C)cc1Br. The average molecular weight is 526 g/mol. The zero-order chi connectivity index (χ0) is 21.6. The van der Waals surface area contributed by atoms with E-state index in [4.69, 9.17) is 4.74 Å². The number of carbonyl (C=O) groups is 2. The monoisotopic (exact) mass is 524 g/mol. The van der Waals surface area contributed by atoms with Gasteiger partial charge in [0.1, 0.15) is 11.8 Å². The maximum Gasteiger partial charge on any atom is 0.261 e. The molecular weight excluding hydrogens is 500 g/mol. The van der Waals surface area contributed by atoms with Crippen LogP contribution in [0, 0.1) is 0 Å². The van der Waals surface area contributed by atoms with Gasteiger partial charge in [0.05, 0.1) is 4.47 Å². The Bertz CT molecular complexity index is 854. The van der Waals surface area contributed by atoms with Crippen LogP contribution >= 0.6 is 31.9 Å². The van der Waals surface area contributed by atoms with Crippen molar-refractivity contribution in [3.8, 4) is 5.75 Å². The van der Waals surface area contributed by atoms with Gasteiger partial charge in [-0.2, -0.15) is 0 Å². The molecule has 0 radical (unpaired) electrons. The molecule has 1 N–H and O–H groups in total. The number of halogens is 2. The normalized spacial score (nSPS) is 11.8. The quantitative estimate of drug-likeness (QED) is 0.534. The topological polar surface area (TPSA) is 58.6 Å². The minimum Gasteiger partial charge on any atom is -0.483 e. The molecule has 0 saturated carbocycles. The molecule has 156 valence electrons. The summed E-state index contributed by atoms with van der Waals surface area (Å²) < 4.78 is 7.51. The summed E-state index contributed by atoms with van der Waals surface area (Å²) >= 11 is 6.91. The minimum atomic E-state index is -0.619. The third-order valence-electron chi connectivity index (χ3n) is 4.65. The van der Waals surface area contributed by atoms with Crippen LogP contribution in [0.1, 0.15) is 37.8 Å². The second-order valence-electron chi connectivity index (χ2n) is 7.07. The second-order valence-corrected chi connectivity index (χ2v) is 8.84. The first-order chi connectivity index (χ1) is 13.7. The molecule has 2 rings (SSSR count). The predicted octanol–water partition coefficient (Wildman–Crippen LogP) is 4.88. The van der Waals surface area contributed by atoms with Crippen molar-refractivity contribution in [1.82, 2.24) is 10.2 Å². The van der Waals surface area contributed by atoms with Crippen LogP contribution in [-0.2, 0) is 16.1 Å². The van der Waals surface area contributed by atoms with Gasteiger partial charge < -0.3 is 15.0 Å². The van der Waals surface area contributed by atoms with Gasteiger partial charge in [0.25, 0.3) is 5.91 Å². The van der Waals surface area contributed by atoms with Crippen LogP contribution < -0.4 is 10.1 Å². The summed E-state index contributed by atoms with van der Waals surface area (Å²) in [6.45, 7) is 6.11. The molecular formula is C22H26Br2N2O3. The Hall–Kier alpha value is -1.86. The van der Waals surface area contributed by atoms with E-state index < -0.39 is 6.04 Å². The molecule has 1 atom stereocenters. The summed E-state index contributed by atoms with van der Waals surface area (Å²) in [5.41, 5.74) is 2.11. The van der Waals surface area contributed by atoms with Crippen LogP contribution in [0.3, 0.4) is 0 Å². The largest absolute Gasteiger partial charge is 0.483 e. The van der Waals surface area contributed by atoms with E-state index in [1.165, 1.54) is 10.5 Å². The molecule has 0 fully saturated rings. The van der Waals surface area contributed by atoms with Crippen molar-refractivity contribution in [3.05, 3.63) is 62.5 Å². The van der Waals surface area contributed by atoms with Gasteiger partial charge in [-0.05, 0) is 64.2 Å². The van der Waals surface area contributed by atoms with Crippen molar-refractivity contribution < 1.29 is 14.3 Å². The summed E-state index contributed by atoms with van der Waals surface area (Å²) in [4.78, 5) is 26.6. The third kappa shape index (κ3) is 6.57. The zero-order valence-electron chi connectivity index (χ0n) is 17.0. The van der Waals surface area contributed by atoms with E-state index in [1.54, 1.807) is 14.0 Å². The fourth-order valence-electron chi connectivity index (χ4n) is 2.79. The van der Waals surface area contributed by atoms with Crippen LogP contribution in [0.25, 0.3) is 0 Å². The molecule has 0 aromatic heterocycles. The minimum absolute atomic E-state index is 0.155. The first-order valence-corrected chi connectivity index (χ1v) is 11.0. The van der Waals surface area contributed by atoms with Crippen LogP contribution in [0.15, 0.2) is 51.4 Å². The van der Waals surface area contributed by atoms with Crippen molar-refractivity contribution in [1.29, 1.82) is 0 Å². The maximum absolute atomic E-state index is 12.9. The summed E-state index contributed by atoms with van der Waals surface area (Å²) in [6.07, 6.45) is 0. The molecule has 5 nitrogen and oxygen atoms in total. The van der Waals surface area contributed by atoms with E-state index in [9.17, 15) is 9.59 Å². The predicted molar refractivity (Wildman–Crippen MR) is 122 cm³/mol. The Labute approximate surface area is 189 Å². The van der Waals surface area contributed by atoms with Crippen molar-refractivity contribution in [2.75, 3.05) is 13.7 Å². The highest BCUT2D eigenvalue weighted by atomic mass is 79.9. The third-order valence-corrected chi connectivity index (χ3v) is 5.80. The number of benzene rings is 2. The molecule has 0 bridgehead atoms. The zero-order valence-corrected chi connectivity index (χ0v) is 20.2. The summed E-state index contributed by atoms with van der Waals surface area (Å²) in [7, 11) is 1.56. The number of ether oxygens (including phenoxy) is 1. The second kappa shape index (κ2) is 10.8. The molecule has 0 spiro atoms. The molecule has 0 aliphatic heterocycles. The molecule has 7 heteroatoms. The van der Waals surface area contributed by atoms with E-state index in [2.05, 4.69) is 51.0 Å².